The summed E-state index contributed by atoms with van der Waals surface area (Å²) in [5.41, 5.74) is 5.36. The molecule has 1 saturated heterocycles. The molecule has 19 heavy (non-hydrogen) atoms. The molecule has 0 bridgehead atoms. The summed E-state index contributed by atoms with van der Waals surface area (Å²) in [5, 5.41) is 6.13. The Morgan fingerprint density at radius 2 is 1.79 bits per heavy atom. The van der Waals surface area contributed by atoms with E-state index in [2.05, 4.69) is 15.2 Å². The van der Waals surface area contributed by atoms with Gasteiger partial charge in [0.25, 0.3) is 5.91 Å². The van der Waals surface area contributed by atoms with Gasteiger partial charge in [0.1, 0.15) is 0 Å². The zero-order valence-corrected chi connectivity index (χ0v) is 11.1. The number of piperazine rings is 1. The van der Waals surface area contributed by atoms with Crippen molar-refractivity contribution in [2.24, 2.45) is 5.92 Å². The molecule has 0 saturated carbocycles. The maximum atomic E-state index is 12.1. The molecule has 1 aliphatic rings. The first-order valence-corrected chi connectivity index (χ1v) is 6.25. The molecule has 2 rings (SSSR count). The molecule has 0 spiro atoms. The van der Waals surface area contributed by atoms with Crippen LogP contribution in [0, 0.1) is 5.92 Å². The summed E-state index contributed by atoms with van der Waals surface area (Å²) in [5.74, 6) is 0.0614. The third kappa shape index (κ3) is 2.83. The van der Waals surface area contributed by atoms with Gasteiger partial charge in [-0.2, -0.15) is 4.98 Å². The SMILES string of the molecule is CC(C)C(=O)N1CCN(C(=O)c2nc(N)n[nH]2)CC1. The predicted molar refractivity (Wildman–Crippen MR) is 68.1 cm³/mol. The average Bonchev–Trinajstić information content (AvgIpc) is 2.84. The van der Waals surface area contributed by atoms with Crippen molar-refractivity contribution in [3.05, 3.63) is 5.82 Å². The van der Waals surface area contributed by atoms with Gasteiger partial charge in [0.15, 0.2) is 0 Å². The Balaban J connectivity index is 1.93. The highest BCUT2D eigenvalue weighted by molar-refractivity contribution is 5.91. The molecule has 104 valence electrons. The minimum atomic E-state index is -0.235. The van der Waals surface area contributed by atoms with Crippen molar-refractivity contribution in [3.8, 4) is 0 Å². The summed E-state index contributed by atoms with van der Waals surface area (Å²) in [6, 6.07) is 0. The molecular formula is C11H18N6O2. The highest BCUT2D eigenvalue weighted by Crippen LogP contribution is 2.09. The zero-order chi connectivity index (χ0) is 14.0. The molecule has 3 N–H and O–H groups in total. The van der Waals surface area contributed by atoms with E-state index in [4.69, 9.17) is 5.73 Å². The number of aromatic nitrogens is 3. The molecule has 1 aliphatic heterocycles. The van der Waals surface area contributed by atoms with E-state index in [-0.39, 0.29) is 29.5 Å². The molecule has 0 unspecified atom stereocenters. The van der Waals surface area contributed by atoms with E-state index in [9.17, 15) is 9.59 Å². The van der Waals surface area contributed by atoms with Crippen molar-refractivity contribution in [2.75, 3.05) is 31.9 Å². The van der Waals surface area contributed by atoms with Gasteiger partial charge in [-0.05, 0) is 0 Å². The van der Waals surface area contributed by atoms with Crippen LogP contribution in [0.3, 0.4) is 0 Å². The van der Waals surface area contributed by atoms with Crippen LogP contribution in [-0.4, -0.2) is 63.0 Å². The molecule has 0 aromatic carbocycles. The Labute approximate surface area is 111 Å². The summed E-state index contributed by atoms with van der Waals surface area (Å²) in [6.45, 7) is 5.84. The van der Waals surface area contributed by atoms with Crippen molar-refractivity contribution >= 4 is 17.8 Å². The predicted octanol–water partition coefficient (Wildman–Crippen LogP) is -0.673. The number of amides is 2. The monoisotopic (exact) mass is 266 g/mol. The number of hydrogen-bond donors (Lipinski definition) is 2. The van der Waals surface area contributed by atoms with Gasteiger partial charge in [-0.15, -0.1) is 5.10 Å². The van der Waals surface area contributed by atoms with Crippen LogP contribution in [0.25, 0.3) is 0 Å². The Hall–Kier alpha value is -2.12. The van der Waals surface area contributed by atoms with Crippen molar-refractivity contribution < 1.29 is 9.59 Å². The van der Waals surface area contributed by atoms with Gasteiger partial charge < -0.3 is 15.5 Å². The minimum Gasteiger partial charge on any atom is -0.366 e. The first-order valence-electron chi connectivity index (χ1n) is 6.25. The molecule has 0 radical (unpaired) electrons. The van der Waals surface area contributed by atoms with Gasteiger partial charge in [-0.25, -0.2) is 0 Å². The summed E-state index contributed by atoms with van der Waals surface area (Å²) in [4.78, 5) is 31.1. The van der Waals surface area contributed by atoms with Crippen molar-refractivity contribution in [3.63, 3.8) is 0 Å². The summed E-state index contributed by atoms with van der Waals surface area (Å²) >= 11 is 0. The van der Waals surface area contributed by atoms with Crippen LogP contribution in [0.5, 0.6) is 0 Å². The van der Waals surface area contributed by atoms with Crippen LogP contribution >= 0.6 is 0 Å². The normalized spacial score (nSPS) is 15.9. The van der Waals surface area contributed by atoms with Crippen LogP contribution in [0.4, 0.5) is 5.95 Å². The highest BCUT2D eigenvalue weighted by atomic mass is 16.2. The lowest BCUT2D eigenvalue weighted by Crippen LogP contribution is -2.51. The van der Waals surface area contributed by atoms with Gasteiger partial charge in [-0.1, -0.05) is 13.8 Å². The van der Waals surface area contributed by atoms with Gasteiger partial charge in [0.2, 0.25) is 17.7 Å². The van der Waals surface area contributed by atoms with Crippen LogP contribution in [0.2, 0.25) is 0 Å². The van der Waals surface area contributed by atoms with Crippen molar-refractivity contribution in [2.45, 2.75) is 13.8 Å². The largest absolute Gasteiger partial charge is 0.366 e. The quantitative estimate of drug-likeness (QED) is 0.737. The fourth-order valence-corrected chi connectivity index (χ4v) is 2.02. The van der Waals surface area contributed by atoms with E-state index in [0.717, 1.165) is 0 Å². The number of nitrogens with two attached hydrogens (primary N) is 1. The fourth-order valence-electron chi connectivity index (χ4n) is 2.02. The average molecular weight is 266 g/mol. The number of nitrogens with one attached hydrogen (secondary N) is 1. The Morgan fingerprint density at radius 3 is 2.26 bits per heavy atom. The fraction of sp³-hybridized carbons (Fsp3) is 0.636. The molecule has 1 fully saturated rings. The smallest absolute Gasteiger partial charge is 0.291 e. The van der Waals surface area contributed by atoms with E-state index in [1.807, 2.05) is 13.8 Å². The molecule has 8 heteroatoms. The van der Waals surface area contributed by atoms with Crippen molar-refractivity contribution in [1.82, 2.24) is 25.0 Å². The lowest BCUT2D eigenvalue weighted by atomic mass is 10.1. The number of rotatable bonds is 2. The maximum absolute atomic E-state index is 12.1. The highest BCUT2D eigenvalue weighted by Gasteiger charge is 2.27. The summed E-state index contributed by atoms with van der Waals surface area (Å²) in [6.07, 6.45) is 0. The lowest BCUT2D eigenvalue weighted by molar-refractivity contribution is -0.135. The van der Waals surface area contributed by atoms with Crippen LogP contribution in [-0.2, 0) is 4.79 Å². The standard InChI is InChI=1S/C11H18N6O2/c1-7(2)9(18)16-3-5-17(6-4-16)10(19)8-13-11(12)15-14-8/h7H,3-6H2,1-2H3,(H3,12,13,14,15). The maximum Gasteiger partial charge on any atom is 0.291 e. The first kappa shape index (κ1) is 13.3. The van der Waals surface area contributed by atoms with Gasteiger partial charge in [-0.3, -0.25) is 14.7 Å². The Kier molecular flexibility index (Phi) is 3.68. The second kappa shape index (κ2) is 5.25. The number of aromatic amines is 1. The summed E-state index contributed by atoms with van der Waals surface area (Å²) < 4.78 is 0. The van der Waals surface area contributed by atoms with E-state index < -0.39 is 0 Å². The lowest BCUT2D eigenvalue weighted by Gasteiger charge is -2.35. The molecule has 2 heterocycles. The topological polar surface area (TPSA) is 108 Å². The van der Waals surface area contributed by atoms with Crippen LogP contribution in [0.1, 0.15) is 24.5 Å². The molecule has 0 aliphatic carbocycles. The molecule has 1 aromatic heterocycles. The van der Waals surface area contributed by atoms with Crippen molar-refractivity contribution in [1.29, 1.82) is 0 Å². The minimum absolute atomic E-state index is 0.0173. The van der Waals surface area contributed by atoms with Crippen LogP contribution in [0.15, 0.2) is 0 Å². The third-order valence-electron chi connectivity index (χ3n) is 3.08. The number of nitrogen functional groups attached to an aromatic ring is 1. The number of anilines is 1. The van der Waals surface area contributed by atoms with Gasteiger partial charge in [0.05, 0.1) is 0 Å². The molecule has 2 amide bonds. The number of nitrogens with zero attached hydrogens (tertiary/aromatic N) is 4. The number of H-pyrrole nitrogens is 1. The first-order chi connectivity index (χ1) is 8.99. The van der Waals surface area contributed by atoms with Crippen LogP contribution < -0.4 is 5.73 Å². The van der Waals surface area contributed by atoms with Gasteiger partial charge in [0, 0.05) is 32.1 Å². The van der Waals surface area contributed by atoms with E-state index in [1.165, 1.54) is 0 Å². The number of carbonyl (C=O) groups is 2. The summed E-state index contributed by atoms with van der Waals surface area (Å²) in [7, 11) is 0. The van der Waals surface area contributed by atoms with E-state index >= 15 is 0 Å². The zero-order valence-electron chi connectivity index (χ0n) is 11.1. The number of carbonyl (C=O) groups excluding carboxylic acids is 2. The molecule has 0 atom stereocenters. The molecule has 8 nitrogen and oxygen atoms in total. The third-order valence-corrected chi connectivity index (χ3v) is 3.08. The number of hydrogen-bond acceptors (Lipinski definition) is 5. The molecular weight excluding hydrogens is 248 g/mol. The van der Waals surface area contributed by atoms with Gasteiger partial charge >= 0.3 is 0 Å². The second-order valence-electron chi connectivity index (χ2n) is 4.81. The molecule has 1 aromatic rings. The van der Waals surface area contributed by atoms with E-state index in [0.29, 0.717) is 26.2 Å². The Morgan fingerprint density at radius 1 is 1.21 bits per heavy atom. The van der Waals surface area contributed by atoms with E-state index in [1.54, 1.807) is 9.80 Å². The Bertz CT molecular complexity index is 475. The second-order valence-corrected chi connectivity index (χ2v) is 4.81.